The summed E-state index contributed by atoms with van der Waals surface area (Å²) in [6.45, 7) is 2.83. The lowest BCUT2D eigenvalue weighted by atomic mass is 10.2. The molecule has 0 aliphatic rings. The summed E-state index contributed by atoms with van der Waals surface area (Å²) < 4.78 is 5.54. The number of nitrogens with zero attached hydrogens (tertiary/aromatic N) is 2. The Morgan fingerprint density at radius 3 is 2.95 bits per heavy atom. The lowest BCUT2D eigenvalue weighted by Crippen LogP contribution is -2.28. The van der Waals surface area contributed by atoms with Crippen molar-refractivity contribution in [1.82, 2.24) is 15.5 Å². The topological polar surface area (TPSA) is 76.1 Å². The summed E-state index contributed by atoms with van der Waals surface area (Å²) in [5, 5.41) is 14.1. The number of carbonyl (C=O) groups excluding carboxylic acids is 1. The first-order valence-corrected chi connectivity index (χ1v) is 6.99. The number of aryl methyl sites for hydroxylation is 1. The van der Waals surface area contributed by atoms with Crippen molar-refractivity contribution in [3.63, 3.8) is 0 Å². The maximum atomic E-state index is 11.8. The number of rotatable bonds is 6. The van der Waals surface area contributed by atoms with Gasteiger partial charge in [0.15, 0.2) is 0 Å². The number of hydrogen-bond acceptors (Lipinski definition) is 6. The molecule has 0 spiro atoms. The van der Waals surface area contributed by atoms with Crippen molar-refractivity contribution < 1.29 is 9.53 Å². The SMILES string of the molecule is CNc1nnc(C(=O)NCCOc2cccc(C)c2)s1. The second-order valence-electron chi connectivity index (χ2n) is 4.08. The molecular formula is C13H16N4O2S. The fraction of sp³-hybridized carbons (Fsp3) is 0.308. The molecule has 2 rings (SSSR count). The van der Waals surface area contributed by atoms with Gasteiger partial charge in [-0.2, -0.15) is 0 Å². The molecule has 2 aromatic rings. The Balaban J connectivity index is 1.74. The summed E-state index contributed by atoms with van der Waals surface area (Å²) in [5.41, 5.74) is 1.14. The predicted molar refractivity (Wildman–Crippen MR) is 78.5 cm³/mol. The predicted octanol–water partition coefficient (Wildman–Crippen LogP) is 1.70. The molecule has 0 saturated carbocycles. The van der Waals surface area contributed by atoms with Gasteiger partial charge in [0.2, 0.25) is 10.1 Å². The fourth-order valence-electron chi connectivity index (χ4n) is 1.53. The summed E-state index contributed by atoms with van der Waals surface area (Å²) in [4.78, 5) is 11.8. The van der Waals surface area contributed by atoms with E-state index < -0.39 is 0 Å². The van der Waals surface area contributed by atoms with E-state index in [2.05, 4.69) is 20.8 Å². The number of hydrogen-bond donors (Lipinski definition) is 2. The Labute approximate surface area is 121 Å². The molecule has 1 heterocycles. The highest BCUT2D eigenvalue weighted by molar-refractivity contribution is 7.17. The minimum atomic E-state index is -0.239. The van der Waals surface area contributed by atoms with Gasteiger partial charge in [-0.05, 0) is 24.6 Å². The van der Waals surface area contributed by atoms with Gasteiger partial charge in [0.25, 0.3) is 5.91 Å². The average molecular weight is 292 g/mol. The van der Waals surface area contributed by atoms with Gasteiger partial charge in [-0.15, -0.1) is 10.2 Å². The molecule has 0 bridgehead atoms. The Hall–Kier alpha value is -2.15. The molecule has 1 aromatic carbocycles. The van der Waals surface area contributed by atoms with Crippen molar-refractivity contribution in [2.24, 2.45) is 0 Å². The van der Waals surface area contributed by atoms with Crippen molar-refractivity contribution in [1.29, 1.82) is 0 Å². The van der Waals surface area contributed by atoms with Crippen molar-refractivity contribution >= 4 is 22.4 Å². The van der Waals surface area contributed by atoms with E-state index >= 15 is 0 Å². The van der Waals surface area contributed by atoms with Crippen LogP contribution < -0.4 is 15.4 Å². The van der Waals surface area contributed by atoms with Gasteiger partial charge >= 0.3 is 0 Å². The molecule has 0 aliphatic carbocycles. The molecule has 0 saturated heterocycles. The van der Waals surface area contributed by atoms with E-state index in [1.165, 1.54) is 11.3 Å². The highest BCUT2D eigenvalue weighted by atomic mass is 32.1. The summed E-state index contributed by atoms with van der Waals surface area (Å²) in [5.74, 6) is 0.560. The second-order valence-corrected chi connectivity index (χ2v) is 5.06. The van der Waals surface area contributed by atoms with Crippen LogP contribution in [-0.4, -0.2) is 36.3 Å². The van der Waals surface area contributed by atoms with Gasteiger partial charge in [-0.1, -0.05) is 23.5 Å². The first kappa shape index (κ1) is 14.3. The lowest BCUT2D eigenvalue weighted by Gasteiger charge is -2.07. The standard InChI is InChI=1S/C13H16N4O2S/c1-9-4-3-5-10(8-9)19-7-6-15-11(18)12-16-17-13(14-2)20-12/h3-5,8H,6-7H2,1-2H3,(H,14,17)(H,15,18). The molecule has 0 aliphatic heterocycles. The zero-order chi connectivity index (χ0) is 14.4. The third kappa shape index (κ3) is 3.92. The van der Waals surface area contributed by atoms with Crippen molar-refractivity contribution in [3.05, 3.63) is 34.8 Å². The number of carbonyl (C=O) groups is 1. The van der Waals surface area contributed by atoms with Crippen molar-refractivity contribution in [3.8, 4) is 5.75 Å². The van der Waals surface area contributed by atoms with Crippen LogP contribution in [0.2, 0.25) is 0 Å². The summed E-state index contributed by atoms with van der Waals surface area (Å²) in [7, 11) is 1.73. The third-order valence-electron chi connectivity index (χ3n) is 2.48. The molecule has 0 radical (unpaired) electrons. The molecule has 1 aromatic heterocycles. The highest BCUT2D eigenvalue weighted by Crippen LogP contribution is 2.14. The largest absolute Gasteiger partial charge is 0.492 e. The van der Waals surface area contributed by atoms with Crippen LogP contribution in [0.5, 0.6) is 5.75 Å². The Morgan fingerprint density at radius 1 is 1.40 bits per heavy atom. The zero-order valence-electron chi connectivity index (χ0n) is 11.3. The summed E-state index contributed by atoms with van der Waals surface area (Å²) in [6, 6.07) is 7.78. The minimum Gasteiger partial charge on any atom is -0.492 e. The molecular weight excluding hydrogens is 276 g/mol. The molecule has 0 unspecified atom stereocenters. The summed E-state index contributed by atoms with van der Waals surface area (Å²) >= 11 is 1.21. The fourth-order valence-corrected chi connectivity index (χ4v) is 2.14. The van der Waals surface area contributed by atoms with Gasteiger partial charge in [0.1, 0.15) is 12.4 Å². The van der Waals surface area contributed by atoms with Crippen LogP contribution in [0.15, 0.2) is 24.3 Å². The van der Waals surface area contributed by atoms with Gasteiger partial charge in [-0.3, -0.25) is 4.79 Å². The summed E-state index contributed by atoms with van der Waals surface area (Å²) in [6.07, 6.45) is 0. The molecule has 2 N–H and O–H groups in total. The number of aromatic nitrogens is 2. The monoisotopic (exact) mass is 292 g/mol. The first-order valence-electron chi connectivity index (χ1n) is 6.18. The second kappa shape index (κ2) is 6.85. The van der Waals surface area contributed by atoms with E-state index in [-0.39, 0.29) is 5.91 Å². The van der Waals surface area contributed by atoms with Gasteiger partial charge < -0.3 is 15.4 Å². The van der Waals surface area contributed by atoms with E-state index in [4.69, 9.17) is 4.74 Å². The number of ether oxygens (including phenoxy) is 1. The maximum Gasteiger partial charge on any atom is 0.282 e. The quantitative estimate of drug-likeness (QED) is 0.793. The molecule has 20 heavy (non-hydrogen) atoms. The minimum absolute atomic E-state index is 0.239. The molecule has 106 valence electrons. The molecule has 0 fully saturated rings. The van der Waals surface area contributed by atoms with Crippen LogP contribution in [0.25, 0.3) is 0 Å². The Bertz CT molecular complexity index is 585. The molecule has 1 amide bonds. The molecule has 0 atom stereocenters. The van der Waals surface area contributed by atoms with Crippen LogP contribution >= 0.6 is 11.3 Å². The van der Waals surface area contributed by atoms with E-state index in [0.29, 0.717) is 23.3 Å². The van der Waals surface area contributed by atoms with Gasteiger partial charge in [0, 0.05) is 7.05 Å². The van der Waals surface area contributed by atoms with Crippen LogP contribution in [0.1, 0.15) is 15.4 Å². The van der Waals surface area contributed by atoms with Crippen LogP contribution in [0.3, 0.4) is 0 Å². The van der Waals surface area contributed by atoms with Crippen LogP contribution in [-0.2, 0) is 0 Å². The van der Waals surface area contributed by atoms with E-state index in [1.54, 1.807) is 7.05 Å². The van der Waals surface area contributed by atoms with Gasteiger partial charge in [0.05, 0.1) is 6.54 Å². The van der Waals surface area contributed by atoms with Crippen molar-refractivity contribution in [2.75, 3.05) is 25.5 Å². The molecule has 7 heteroatoms. The van der Waals surface area contributed by atoms with Crippen LogP contribution in [0, 0.1) is 6.92 Å². The zero-order valence-corrected chi connectivity index (χ0v) is 12.2. The average Bonchev–Trinajstić information content (AvgIpc) is 2.92. The number of amides is 1. The van der Waals surface area contributed by atoms with Gasteiger partial charge in [-0.25, -0.2) is 0 Å². The number of benzene rings is 1. The first-order chi connectivity index (χ1) is 9.69. The van der Waals surface area contributed by atoms with Crippen LogP contribution in [0.4, 0.5) is 5.13 Å². The van der Waals surface area contributed by atoms with E-state index in [0.717, 1.165) is 11.3 Å². The normalized spacial score (nSPS) is 10.1. The Morgan fingerprint density at radius 2 is 2.25 bits per heavy atom. The molecule has 6 nitrogen and oxygen atoms in total. The number of anilines is 1. The van der Waals surface area contributed by atoms with E-state index in [9.17, 15) is 4.79 Å². The van der Waals surface area contributed by atoms with Crippen molar-refractivity contribution in [2.45, 2.75) is 6.92 Å². The maximum absolute atomic E-state index is 11.8. The van der Waals surface area contributed by atoms with E-state index in [1.807, 2.05) is 31.2 Å². The lowest BCUT2D eigenvalue weighted by molar-refractivity contribution is 0.0946. The Kier molecular flexibility index (Phi) is 4.89. The third-order valence-corrected chi connectivity index (χ3v) is 3.42. The smallest absolute Gasteiger partial charge is 0.282 e. The highest BCUT2D eigenvalue weighted by Gasteiger charge is 2.11. The number of nitrogens with one attached hydrogen (secondary N) is 2.